The van der Waals surface area contributed by atoms with Gasteiger partial charge in [-0.25, -0.2) is 0 Å². The smallest absolute Gasteiger partial charge is 0.0455 e. The van der Waals surface area contributed by atoms with Crippen LogP contribution in [0.2, 0.25) is 15.1 Å². The summed E-state index contributed by atoms with van der Waals surface area (Å²) in [6.07, 6.45) is 0.862. The van der Waals surface area contributed by atoms with Crippen LogP contribution in [0.3, 0.4) is 0 Å². The van der Waals surface area contributed by atoms with E-state index in [4.69, 9.17) is 34.8 Å². The molecule has 0 N–H and O–H groups in total. The van der Waals surface area contributed by atoms with E-state index < -0.39 is 0 Å². The van der Waals surface area contributed by atoms with E-state index >= 15 is 0 Å². The topological polar surface area (TPSA) is 0 Å². The summed E-state index contributed by atoms with van der Waals surface area (Å²) in [5.41, 5.74) is 2.23. The zero-order valence-electron chi connectivity index (χ0n) is 9.96. The molecule has 18 heavy (non-hydrogen) atoms. The Morgan fingerprint density at radius 1 is 0.944 bits per heavy atom. The lowest BCUT2D eigenvalue weighted by molar-refractivity contribution is 0.759. The Hall–Kier alpha value is -0.690. The van der Waals surface area contributed by atoms with Crippen molar-refractivity contribution in [3.05, 3.63) is 68.7 Å². The first-order valence-corrected chi connectivity index (χ1v) is 6.89. The summed E-state index contributed by atoms with van der Waals surface area (Å²) in [5, 5.41) is 2.17. The minimum absolute atomic E-state index is 0.301. The highest BCUT2D eigenvalue weighted by Gasteiger charge is 2.12. The third kappa shape index (κ3) is 3.20. The SMILES string of the molecule is CC(Cc1ccccc1Cl)c1ccc(Cl)cc1Cl. The average molecular weight is 300 g/mol. The molecule has 0 saturated carbocycles. The molecule has 2 aromatic carbocycles. The molecular formula is C15H13Cl3. The second-order valence-electron chi connectivity index (χ2n) is 4.36. The van der Waals surface area contributed by atoms with Crippen LogP contribution >= 0.6 is 34.8 Å². The van der Waals surface area contributed by atoms with E-state index in [0.29, 0.717) is 16.0 Å². The molecule has 0 saturated heterocycles. The largest absolute Gasteiger partial charge is 0.0843 e. The molecule has 0 amide bonds. The van der Waals surface area contributed by atoms with Gasteiger partial charge in [0, 0.05) is 15.1 Å². The molecule has 0 nitrogen and oxygen atoms in total. The van der Waals surface area contributed by atoms with Gasteiger partial charge in [0.15, 0.2) is 0 Å². The summed E-state index contributed by atoms with van der Waals surface area (Å²) < 4.78 is 0. The second kappa shape index (κ2) is 5.97. The number of benzene rings is 2. The minimum Gasteiger partial charge on any atom is -0.0843 e. The Bertz CT molecular complexity index is 549. The maximum Gasteiger partial charge on any atom is 0.0455 e. The van der Waals surface area contributed by atoms with Crippen LogP contribution in [0, 0.1) is 0 Å². The quantitative estimate of drug-likeness (QED) is 0.652. The van der Waals surface area contributed by atoms with Crippen molar-refractivity contribution in [2.45, 2.75) is 19.3 Å². The molecule has 0 bridgehead atoms. The zero-order chi connectivity index (χ0) is 13.1. The van der Waals surface area contributed by atoms with Gasteiger partial charge in [0.05, 0.1) is 0 Å². The first-order valence-electron chi connectivity index (χ1n) is 5.76. The predicted octanol–water partition coefficient (Wildman–Crippen LogP) is 5.99. The summed E-state index contributed by atoms with van der Waals surface area (Å²) >= 11 is 18.3. The molecule has 94 valence electrons. The van der Waals surface area contributed by atoms with Crippen molar-refractivity contribution in [3.63, 3.8) is 0 Å². The molecule has 2 aromatic rings. The van der Waals surface area contributed by atoms with Crippen LogP contribution in [0.15, 0.2) is 42.5 Å². The van der Waals surface area contributed by atoms with E-state index in [9.17, 15) is 0 Å². The van der Waals surface area contributed by atoms with Gasteiger partial charge >= 0.3 is 0 Å². The lowest BCUT2D eigenvalue weighted by Crippen LogP contribution is -2.00. The number of rotatable bonds is 3. The van der Waals surface area contributed by atoms with E-state index in [2.05, 4.69) is 6.92 Å². The number of hydrogen-bond donors (Lipinski definition) is 0. The fourth-order valence-electron chi connectivity index (χ4n) is 2.00. The average Bonchev–Trinajstić information content (AvgIpc) is 2.32. The van der Waals surface area contributed by atoms with Crippen LogP contribution in [0.1, 0.15) is 24.0 Å². The Labute approximate surface area is 122 Å². The zero-order valence-corrected chi connectivity index (χ0v) is 12.2. The fraction of sp³-hybridized carbons (Fsp3) is 0.200. The van der Waals surface area contributed by atoms with Gasteiger partial charge in [-0.1, -0.05) is 66.0 Å². The second-order valence-corrected chi connectivity index (χ2v) is 5.61. The van der Waals surface area contributed by atoms with Crippen molar-refractivity contribution in [1.29, 1.82) is 0 Å². The normalized spacial score (nSPS) is 12.4. The molecule has 0 aliphatic rings. The highest BCUT2D eigenvalue weighted by molar-refractivity contribution is 6.35. The maximum absolute atomic E-state index is 6.21. The third-order valence-corrected chi connectivity index (χ3v) is 3.91. The van der Waals surface area contributed by atoms with E-state index in [1.165, 1.54) is 0 Å². The van der Waals surface area contributed by atoms with Crippen LogP contribution in [0.4, 0.5) is 0 Å². The fourth-order valence-corrected chi connectivity index (χ4v) is 2.81. The monoisotopic (exact) mass is 298 g/mol. The van der Waals surface area contributed by atoms with E-state index in [-0.39, 0.29) is 0 Å². The van der Waals surface area contributed by atoms with Gasteiger partial charge in [0.25, 0.3) is 0 Å². The van der Waals surface area contributed by atoms with Gasteiger partial charge in [0.2, 0.25) is 0 Å². The highest BCUT2D eigenvalue weighted by atomic mass is 35.5. The van der Waals surface area contributed by atoms with Gasteiger partial charge in [-0.05, 0) is 41.7 Å². The summed E-state index contributed by atoms with van der Waals surface area (Å²) in [6.45, 7) is 2.14. The van der Waals surface area contributed by atoms with Crippen LogP contribution < -0.4 is 0 Å². The molecule has 1 atom stereocenters. The lowest BCUT2D eigenvalue weighted by atomic mass is 9.94. The molecule has 2 rings (SSSR count). The van der Waals surface area contributed by atoms with Crippen molar-refractivity contribution in [1.82, 2.24) is 0 Å². The Morgan fingerprint density at radius 2 is 1.67 bits per heavy atom. The predicted molar refractivity (Wildman–Crippen MR) is 80.0 cm³/mol. The molecule has 0 fully saturated rings. The molecular weight excluding hydrogens is 287 g/mol. The molecule has 0 heterocycles. The standard InChI is InChI=1S/C15H13Cl3/c1-10(8-11-4-2-3-5-14(11)17)13-7-6-12(16)9-15(13)18/h2-7,9-10H,8H2,1H3. The first kappa shape index (κ1) is 13.7. The van der Waals surface area contributed by atoms with Gasteiger partial charge in [-0.3, -0.25) is 0 Å². The molecule has 3 heteroatoms. The van der Waals surface area contributed by atoms with Crippen molar-refractivity contribution < 1.29 is 0 Å². The maximum atomic E-state index is 6.21. The minimum atomic E-state index is 0.301. The molecule has 0 aliphatic carbocycles. The van der Waals surface area contributed by atoms with E-state index in [0.717, 1.165) is 22.6 Å². The molecule has 0 aromatic heterocycles. The van der Waals surface area contributed by atoms with E-state index in [1.807, 2.05) is 36.4 Å². The van der Waals surface area contributed by atoms with Crippen LogP contribution in [-0.2, 0) is 6.42 Å². The van der Waals surface area contributed by atoms with Gasteiger partial charge in [-0.15, -0.1) is 0 Å². The van der Waals surface area contributed by atoms with Crippen LogP contribution in [0.5, 0.6) is 0 Å². The summed E-state index contributed by atoms with van der Waals surface area (Å²) in [7, 11) is 0. The Morgan fingerprint density at radius 3 is 2.33 bits per heavy atom. The molecule has 0 aliphatic heterocycles. The number of halogens is 3. The molecule has 1 unspecified atom stereocenters. The van der Waals surface area contributed by atoms with Gasteiger partial charge in [0.1, 0.15) is 0 Å². The lowest BCUT2D eigenvalue weighted by Gasteiger charge is -2.14. The van der Waals surface area contributed by atoms with Crippen LogP contribution in [-0.4, -0.2) is 0 Å². The highest BCUT2D eigenvalue weighted by Crippen LogP contribution is 2.31. The van der Waals surface area contributed by atoms with E-state index in [1.54, 1.807) is 6.07 Å². The summed E-state index contributed by atoms with van der Waals surface area (Å²) in [4.78, 5) is 0. The molecule has 0 spiro atoms. The number of hydrogen-bond acceptors (Lipinski definition) is 0. The Balaban J connectivity index is 2.22. The first-order chi connectivity index (χ1) is 8.58. The summed E-state index contributed by atoms with van der Waals surface area (Å²) in [6, 6.07) is 13.5. The van der Waals surface area contributed by atoms with Crippen molar-refractivity contribution in [3.8, 4) is 0 Å². The van der Waals surface area contributed by atoms with Crippen LogP contribution in [0.25, 0.3) is 0 Å². The van der Waals surface area contributed by atoms with Gasteiger partial charge < -0.3 is 0 Å². The summed E-state index contributed by atoms with van der Waals surface area (Å²) in [5.74, 6) is 0.301. The molecule has 0 radical (unpaired) electrons. The van der Waals surface area contributed by atoms with Crippen molar-refractivity contribution in [2.75, 3.05) is 0 Å². The van der Waals surface area contributed by atoms with Gasteiger partial charge in [-0.2, -0.15) is 0 Å². The Kier molecular flexibility index (Phi) is 4.55. The third-order valence-electron chi connectivity index (χ3n) is 2.98. The van der Waals surface area contributed by atoms with Crippen molar-refractivity contribution in [2.24, 2.45) is 0 Å². The van der Waals surface area contributed by atoms with Crippen molar-refractivity contribution >= 4 is 34.8 Å².